The molecule has 1 atom stereocenters. The van der Waals surface area contributed by atoms with Gasteiger partial charge in [-0.1, -0.05) is 75.4 Å². The summed E-state index contributed by atoms with van der Waals surface area (Å²) in [6.07, 6.45) is 4.30. The highest BCUT2D eigenvalue weighted by Crippen LogP contribution is 2.42. The summed E-state index contributed by atoms with van der Waals surface area (Å²) < 4.78 is 0. The van der Waals surface area contributed by atoms with Gasteiger partial charge in [0.15, 0.2) is 0 Å². The molecule has 35 heavy (non-hydrogen) atoms. The van der Waals surface area contributed by atoms with Crippen molar-refractivity contribution in [3.63, 3.8) is 0 Å². The Labute approximate surface area is 206 Å². The second-order valence-electron chi connectivity index (χ2n) is 10.6. The van der Waals surface area contributed by atoms with Crippen LogP contribution in [0.4, 0.5) is 5.69 Å². The van der Waals surface area contributed by atoms with Crippen molar-refractivity contribution in [3.8, 4) is 0 Å². The van der Waals surface area contributed by atoms with Crippen molar-refractivity contribution in [2.45, 2.75) is 57.9 Å². The van der Waals surface area contributed by atoms with Crippen LogP contribution in [0.5, 0.6) is 0 Å². The summed E-state index contributed by atoms with van der Waals surface area (Å²) in [7, 11) is 0. The molecule has 2 aliphatic rings. The second-order valence-corrected chi connectivity index (χ2v) is 10.6. The number of Topliss-reactive ketones (excluding diaryl/α,β-unsaturated/α-hetero) is 1. The predicted molar refractivity (Wildman–Crippen MR) is 139 cm³/mol. The van der Waals surface area contributed by atoms with E-state index < -0.39 is 17.7 Å². The van der Waals surface area contributed by atoms with Gasteiger partial charge in [0, 0.05) is 11.3 Å². The van der Waals surface area contributed by atoms with Crippen LogP contribution in [0.2, 0.25) is 0 Å². The molecule has 1 N–H and O–H groups in total. The minimum absolute atomic E-state index is 0.0298. The monoisotopic (exact) mass is 465 g/mol. The first-order valence-electron chi connectivity index (χ1n) is 12.3. The highest BCUT2D eigenvalue weighted by atomic mass is 16.3. The lowest BCUT2D eigenvalue weighted by molar-refractivity contribution is -0.132. The molecule has 4 nitrogen and oxygen atoms in total. The van der Waals surface area contributed by atoms with Crippen LogP contribution in [-0.2, 0) is 27.8 Å². The lowest BCUT2D eigenvalue weighted by atomic mass is 9.87. The molecule has 178 valence electrons. The van der Waals surface area contributed by atoms with Crippen molar-refractivity contribution >= 4 is 23.1 Å². The third-order valence-corrected chi connectivity index (χ3v) is 7.19. The Kier molecular flexibility index (Phi) is 5.84. The van der Waals surface area contributed by atoms with Gasteiger partial charge < -0.3 is 5.11 Å². The highest BCUT2D eigenvalue weighted by Gasteiger charge is 2.47. The van der Waals surface area contributed by atoms with E-state index in [0.29, 0.717) is 11.3 Å². The Bertz CT molecular complexity index is 1310. The lowest BCUT2D eigenvalue weighted by Crippen LogP contribution is -2.29. The van der Waals surface area contributed by atoms with Crippen LogP contribution in [0.15, 0.2) is 78.4 Å². The molecule has 1 aliphatic carbocycles. The Morgan fingerprint density at radius 1 is 0.857 bits per heavy atom. The van der Waals surface area contributed by atoms with Gasteiger partial charge >= 0.3 is 0 Å². The number of hydrogen-bond acceptors (Lipinski definition) is 3. The van der Waals surface area contributed by atoms with Gasteiger partial charge in [0.25, 0.3) is 11.7 Å². The number of fused-ring (bicyclic) bond motifs is 1. The molecule has 1 fully saturated rings. The number of rotatable bonds is 3. The zero-order chi connectivity index (χ0) is 24.7. The topological polar surface area (TPSA) is 57.6 Å². The molecule has 1 saturated heterocycles. The first kappa shape index (κ1) is 23.1. The number of ketones is 1. The molecule has 3 aromatic carbocycles. The quantitative estimate of drug-likeness (QED) is 0.273. The molecule has 4 heteroatoms. The van der Waals surface area contributed by atoms with E-state index in [9.17, 15) is 14.7 Å². The number of aryl methyl sites for hydroxylation is 2. The van der Waals surface area contributed by atoms with Gasteiger partial charge in [-0.2, -0.15) is 0 Å². The number of hydrogen-bond donors (Lipinski definition) is 1. The van der Waals surface area contributed by atoms with Crippen LogP contribution in [-0.4, -0.2) is 16.8 Å². The largest absolute Gasteiger partial charge is 0.507 e. The highest BCUT2D eigenvalue weighted by molar-refractivity contribution is 6.51. The van der Waals surface area contributed by atoms with Crippen LogP contribution in [0.3, 0.4) is 0 Å². The standard InChI is InChI=1S/C31H31NO3/c1-31(2,3)24-15-17-25(18-16-24)32-27(21-10-5-4-6-11-21)26(29(34)30(32)35)28(33)23-14-13-20-9-7-8-12-22(20)19-23/h4-6,10-11,13-19,27,33H,7-9,12H2,1-3H3/b28-26-. The van der Waals surface area contributed by atoms with Crippen LogP contribution in [0, 0.1) is 0 Å². The van der Waals surface area contributed by atoms with Gasteiger partial charge in [-0.25, -0.2) is 0 Å². The number of carbonyl (C=O) groups excluding carboxylic acids is 2. The van der Waals surface area contributed by atoms with Crippen LogP contribution in [0.25, 0.3) is 5.76 Å². The second kappa shape index (κ2) is 8.84. The molecule has 0 radical (unpaired) electrons. The smallest absolute Gasteiger partial charge is 0.300 e. The zero-order valence-electron chi connectivity index (χ0n) is 20.5. The summed E-state index contributed by atoms with van der Waals surface area (Å²) in [6.45, 7) is 6.41. The van der Waals surface area contributed by atoms with Crippen LogP contribution < -0.4 is 4.90 Å². The molecular formula is C31H31NO3. The Morgan fingerprint density at radius 2 is 1.51 bits per heavy atom. The molecule has 1 unspecified atom stereocenters. The van der Waals surface area contributed by atoms with Crippen LogP contribution in [0.1, 0.15) is 67.5 Å². The van der Waals surface area contributed by atoms with Crippen molar-refractivity contribution in [1.29, 1.82) is 0 Å². The Hall–Kier alpha value is -3.66. The van der Waals surface area contributed by atoms with Crippen molar-refractivity contribution in [3.05, 3.63) is 106 Å². The molecular weight excluding hydrogens is 434 g/mol. The average molecular weight is 466 g/mol. The Morgan fingerprint density at radius 3 is 2.17 bits per heavy atom. The maximum Gasteiger partial charge on any atom is 0.300 e. The maximum atomic E-state index is 13.4. The number of aliphatic hydroxyl groups excluding tert-OH is 1. The number of aliphatic hydroxyl groups is 1. The molecule has 1 aliphatic heterocycles. The van der Waals surface area contributed by atoms with Crippen molar-refractivity contribution in [2.24, 2.45) is 0 Å². The van der Waals surface area contributed by atoms with E-state index in [1.54, 1.807) is 0 Å². The summed E-state index contributed by atoms with van der Waals surface area (Å²) in [5, 5.41) is 11.4. The van der Waals surface area contributed by atoms with Gasteiger partial charge in [0.05, 0.1) is 11.6 Å². The molecule has 5 rings (SSSR count). The van der Waals surface area contributed by atoms with Crippen molar-refractivity contribution in [2.75, 3.05) is 4.90 Å². The van der Waals surface area contributed by atoms with E-state index in [0.717, 1.165) is 30.4 Å². The molecule has 0 saturated carbocycles. The van der Waals surface area contributed by atoms with Gasteiger partial charge in [0.1, 0.15) is 5.76 Å². The third kappa shape index (κ3) is 4.18. The maximum absolute atomic E-state index is 13.4. The fourth-order valence-electron chi connectivity index (χ4n) is 5.21. The van der Waals surface area contributed by atoms with Gasteiger partial charge in [-0.3, -0.25) is 14.5 Å². The van der Waals surface area contributed by atoms with Crippen molar-refractivity contribution in [1.82, 2.24) is 0 Å². The van der Waals surface area contributed by atoms with E-state index in [4.69, 9.17) is 0 Å². The normalized spacial score (nSPS) is 19.6. The summed E-state index contributed by atoms with van der Waals surface area (Å²) in [4.78, 5) is 28.3. The molecule has 0 aromatic heterocycles. The number of anilines is 1. The summed E-state index contributed by atoms with van der Waals surface area (Å²) in [6, 6.07) is 22.4. The van der Waals surface area contributed by atoms with Crippen LogP contribution >= 0.6 is 0 Å². The van der Waals surface area contributed by atoms with E-state index >= 15 is 0 Å². The molecule has 0 bridgehead atoms. The van der Waals surface area contributed by atoms with Gasteiger partial charge in [-0.05, 0) is 71.6 Å². The third-order valence-electron chi connectivity index (χ3n) is 7.19. The fraction of sp³-hybridized carbons (Fsp3) is 0.290. The SMILES string of the molecule is CC(C)(C)c1ccc(N2C(=O)C(=O)/C(=C(\O)c3ccc4c(c3)CCCC4)C2c2ccccc2)cc1. The van der Waals surface area contributed by atoms with Gasteiger partial charge in [0.2, 0.25) is 0 Å². The molecule has 1 heterocycles. The summed E-state index contributed by atoms with van der Waals surface area (Å²) >= 11 is 0. The minimum Gasteiger partial charge on any atom is -0.507 e. The van der Waals surface area contributed by atoms with E-state index in [2.05, 4.69) is 20.8 Å². The number of carbonyl (C=O) groups is 2. The summed E-state index contributed by atoms with van der Waals surface area (Å²) in [5.74, 6) is -1.39. The first-order valence-corrected chi connectivity index (χ1v) is 12.3. The van der Waals surface area contributed by atoms with E-state index in [1.807, 2.05) is 72.8 Å². The summed E-state index contributed by atoms with van der Waals surface area (Å²) in [5.41, 5.74) is 5.77. The zero-order valence-corrected chi connectivity index (χ0v) is 20.5. The average Bonchev–Trinajstić information content (AvgIpc) is 3.13. The van der Waals surface area contributed by atoms with E-state index in [1.165, 1.54) is 22.4 Å². The van der Waals surface area contributed by atoms with Gasteiger partial charge in [-0.15, -0.1) is 0 Å². The lowest BCUT2D eigenvalue weighted by Gasteiger charge is -2.27. The first-order chi connectivity index (χ1) is 16.8. The van der Waals surface area contributed by atoms with Crippen molar-refractivity contribution < 1.29 is 14.7 Å². The Balaban J connectivity index is 1.65. The number of amides is 1. The number of benzene rings is 3. The number of nitrogens with zero attached hydrogens (tertiary/aromatic N) is 1. The van der Waals surface area contributed by atoms with E-state index in [-0.39, 0.29) is 16.7 Å². The minimum atomic E-state index is -0.701. The molecule has 0 spiro atoms. The molecule has 3 aromatic rings. The molecule has 1 amide bonds. The predicted octanol–water partition coefficient (Wildman–Crippen LogP) is 6.49. The fourth-order valence-corrected chi connectivity index (χ4v) is 5.21.